The van der Waals surface area contributed by atoms with Crippen molar-refractivity contribution in [3.8, 4) is 22.3 Å². The molecule has 229 valence electrons. The summed E-state index contributed by atoms with van der Waals surface area (Å²) in [6.07, 6.45) is 5.03. The third kappa shape index (κ3) is 4.60. The summed E-state index contributed by atoms with van der Waals surface area (Å²) in [5.41, 5.74) is 19.1. The first-order chi connectivity index (χ1) is 21.1. The molecule has 1 radical (unpaired) electrons. The molecular formula is C44H49Si. The highest BCUT2D eigenvalue weighted by Gasteiger charge is 2.49. The fraction of sp³-hybridized carbons (Fsp3) is 0.341. The van der Waals surface area contributed by atoms with Crippen molar-refractivity contribution in [2.75, 3.05) is 0 Å². The van der Waals surface area contributed by atoms with Crippen LogP contribution in [0.1, 0.15) is 107 Å². The van der Waals surface area contributed by atoms with Gasteiger partial charge < -0.3 is 0 Å². The quantitative estimate of drug-likeness (QED) is 0.203. The molecule has 1 heteroatoms. The van der Waals surface area contributed by atoms with Crippen LogP contribution in [0.3, 0.4) is 0 Å². The minimum Gasteiger partial charge on any atom is -0.0616 e. The molecule has 1 atom stereocenters. The average Bonchev–Trinajstić information content (AvgIpc) is 3.58. The fourth-order valence-electron chi connectivity index (χ4n) is 8.44. The molecule has 7 rings (SSSR count). The molecule has 0 saturated carbocycles. The summed E-state index contributed by atoms with van der Waals surface area (Å²) in [6, 6.07) is 28.4. The molecule has 0 aromatic heterocycles. The molecule has 1 aliphatic heterocycles. The highest BCUT2D eigenvalue weighted by atomic mass is 28.3. The molecule has 4 aromatic carbocycles. The van der Waals surface area contributed by atoms with Crippen molar-refractivity contribution < 1.29 is 0 Å². The summed E-state index contributed by atoms with van der Waals surface area (Å²) in [7, 11) is -1.99. The first kappa shape index (κ1) is 30.2. The molecule has 0 saturated heterocycles. The van der Waals surface area contributed by atoms with Crippen molar-refractivity contribution in [3.63, 3.8) is 0 Å². The van der Waals surface area contributed by atoms with Gasteiger partial charge in [-0.2, -0.15) is 0 Å². The number of rotatable bonds is 4. The molecule has 1 unspecified atom stereocenters. The Labute approximate surface area is 273 Å². The molecule has 0 N–H and O–H groups in total. The maximum absolute atomic E-state index is 2.62. The number of fused-ring (bicyclic) bond motifs is 2. The van der Waals surface area contributed by atoms with Crippen LogP contribution in [0.4, 0.5) is 0 Å². The Kier molecular flexibility index (Phi) is 6.75. The lowest BCUT2D eigenvalue weighted by Crippen LogP contribution is -2.43. The SMILES string of the molecule is CC1=Cc2c(-c3ccc(C(C)(C)C)cc3)cccc2C1c1cc2c3c(-c4ccc(C(C)(C)C)cc4)c1[Si](C)(C)C3=C(C(C)C)[CH]2. The van der Waals surface area contributed by atoms with Gasteiger partial charge in [-0.3, -0.25) is 0 Å². The van der Waals surface area contributed by atoms with Gasteiger partial charge in [-0.25, -0.2) is 0 Å². The van der Waals surface area contributed by atoms with Crippen LogP contribution in [0.15, 0.2) is 83.9 Å². The third-order valence-corrected chi connectivity index (χ3v) is 14.4. The molecule has 0 amide bonds. The van der Waals surface area contributed by atoms with E-state index in [0.717, 1.165) is 0 Å². The van der Waals surface area contributed by atoms with E-state index in [0.29, 0.717) is 5.92 Å². The van der Waals surface area contributed by atoms with Crippen molar-refractivity contribution in [2.24, 2.45) is 5.92 Å². The topological polar surface area (TPSA) is 0 Å². The Morgan fingerprint density at radius 3 is 1.82 bits per heavy atom. The van der Waals surface area contributed by atoms with E-state index in [1.165, 1.54) is 55.6 Å². The maximum Gasteiger partial charge on any atom is 0.114 e. The van der Waals surface area contributed by atoms with Crippen molar-refractivity contribution in [1.82, 2.24) is 0 Å². The first-order valence-corrected chi connectivity index (χ1v) is 19.9. The standard InChI is InChI=1S/C44H49Si/c1-26(2)35-24-30-25-37(42-39(40(30)41(35)45(42,10)11)29-17-21-32(22-18-29)44(7,8)9)38-27(3)23-36-33(13-12-14-34(36)38)28-15-19-31(20-16-28)43(4,5)6/h12-26,38H,1-11H3. The van der Waals surface area contributed by atoms with Crippen molar-refractivity contribution in [3.05, 3.63) is 129 Å². The lowest BCUT2D eigenvalue weighted by molar-refractivity contribution is 0.590. The highest BCUT2D eigenvalue weighted by molar-refractivity contribution is 7.08. The van der Waals surface area contributed by atoms with Gasteiger partial charge in [0, 0.05) is 12.3 Å². The van der Waals surface area contributed by atoms with Gasteiger partial charge >= 0.3 is 0 Å². The van der Waals surface area contributed by atoms with E-state index in [2.05, 4.69) is 161 Å². The Morgan fingerprint density at radius 2 is 1.27 bits per heavy atom. The Bertz CT molecular complexity index is 1910. The van der Waals surface area contributed by atoms with Crippen molar-refractivity contribution >= 4 is 24.5 Å². The van der Waals surface area contributed by atoms with Crippen LogP contribution in [0.5, 0.6) is 0 Å². The fourth-order valence-corrected chi connectivity index (χ4v) is 12.5. The van der Waals surface area contributed by atoms with Gasteiger partial charge in [0.1, 0.15) is 8.07 Å². The average molecular weight is 606 g/mol. The van der Waals surface area contributed by atoms with E-state index in [1.54, 1.807) is 27.1 Å². The molecule has 0 spiro atoms. The van der Waals surface area contributed by atoms with E-state index in [-0.39, 0.29) is 16.7 Å². The number of hydrogen-bond acceptors (Lipinski definition) is 0. The monoisotopic (exact) mass is 605 g/mol. The molecule has 2 aliphatic carbocycles. The molecule has 0 fully saturated rings. The number of benzene rings is 4. The normalized spacial score (nSPS) is 18.2. The minimum atomic E-state index is -1.99. The van der Waals surface area contributed by atoms with Gasteiger partial charge in [0.2, 0.25) is 0 Å². The molecule has 45 heavy (non-hydrogen) atoms. The maximum atomic E-state index is 2.62. The van der Waals surface area contributed by atoms with Crippen LogP contribution in [0, 0.1) is 12.3 Å². The summed E-state index contributed by atoms with van der Waals surface area (Å²) in [5.74, 6) is 0.809. The third-order valence-electron chi connectivity index (χ3n) is 10.8. The Hall–Kier alpha value is -3.42. The van der Waals surface area contributed by atoms with Crippen LogP contribution < -0.4 is 5.19 Å². The summed E-state index contributed by atoms with van der Waals surface area (Å²) in [5, 5.41) is 3.35. The molecule has 0 nitrogen and oxygen atoms in total. The largest absolute Gasteiger partial charge is 0.114 e. The van der Waals surface area contributed by atoms with Crippen LogP contribution in [-0.4, -0.2) is 8.07 Å². The zero-order valence-electron chi connectivity index (χ0n) is 29.2. The van der Waals surface area contributed by atoms with Crippen LogP contribution in [-0.2, 0) is 10.8 Å². The van der Waals surface area contributed by atoms with Crippen molar-refractivity contribution in [2.45, 2.75) is 92.2 Å². The summed E-state index contributed by atoms with van der Waals surface area (Å²) < 4.78 is 0. The van der Waals surface area contributed by atoms with E-state index in [9.17, 15) is 0 Å². The van der Waals surface area contributed by atoms with E-state index in [4.69, 9.17) is 0 Å². The summed E-state index contributed by atoms with van der Waals surface area (Å²) in [4.78, 5) is 0. The van der Waals surface area contributed by atoms with Gasteiger partial charge in [0.25, 0.3) is 0 Å². The van der Waals surface area contributed by atoms with Gasteiger partial charge in [-0.1, -0.05) is 159 Å². The second-order valence-corrected chi connectivity index (χ2v) is 21.0. The Morgan fingerprint density at radius 1 is 0.689 bits per heavy atom. The minimum absolute atomic E-state index is 0.142. The second kappa shape index (κ2) is 10.0. The van der Waals surface area contributed by atoms with E-state index < -0.39 is 8.07 Å². The molecule has 4 aromatic rings. The van der Waals surface area contributed by atoms with Gasteiger partial charge in [-0.05, 0) is 95.3 Å². The smallest absolute Gasteiger partial charge is 0.0616 e. The first-order valence-electron chi connectivity index (χ1n) is 16.9. The Balaban J connectivity index is 1.42. The molecule has 1 heterocycles. The highest BCUT2D eigenvalue weighted by Crippen LogP contribution is 2.55. The van der Waals surface area contributed by atoms with Crippen LogP contribution >= 0.6 is 0 Å². The van der Waals surface area contributed by atoms with Crippen molar-refractivity contribution in [1.29, 1.82) is 0 Å². The lowest BCUT2D eigenvalue weighted by Gasteiger charge is -2.29. The van der Waals surface area contributed by atoms with Gasteiger partial charge in [-0.15, -0.1) is 0 Å². The molecular weight excluding hydrogens is 557 g/mol. The zero-order chi connectivity index (χ0) is 32.2. The van der Waals surface area contributed by atoms with Crippen LogP contribution in [0.2, 0.25) is 13.1 Å². The predicted molar refractivity (Wildman–Crippen MR) is 199 cm³/mol. The number of hydrogen-bond donors (Lipinski definition) is 0. The van der Waals surface area contributed by atoms with Crippen LogP contribution in [0.25, 0.3) is 33.5 Å². The number of allylic oxidation sites excluding steroid dienone is 2. The molecule has 2 bridgehead atoms. The van der Waals surface area contributed by atoms with Gasteiger partial charge in [0.15, 0.2) is 0 Å². The summed E-state index contributed by atoms with van der Waals surface area (Å²) in [6.45, 7) is 26.2. The van der Waals surface area contributed by atoms with E-state index in [1.807, 2.05) is 0 Å². The van der Waals surface area contributed by atoms with E-state index >= 15 is 0 Å². The summed E-state index contributed by atoms with van der Waals surface area (Å²) >= 11 is 0. The lowest BCUT2D eigenvalue weighted by atomic mass is 9.82. The second-order valence-electron chi connectivity index (χ2n) is 16.7. The molecule has 3 aliphatic rings. The zero-order valence-corrected chi connectivity index (χ0v) is 30.2. The predicted octanol–water partition coefficient (Wildman–Crippen LogP) is 11.6. The van der Waals surface area contributed by atoms with Gasteiger partial charge in [0.05, 0.1) is 0 Å².